The summed E-state index contributed by atoms with van der Waals surface area (Å²) in [7, 11) is 0. The highest BCUT2D eigenvalue weighted by Crippen LogP contribution is 2.07. The van der Waals surface area contributed by atoms with Crippen LogP contribution >= 0.6 is 0 Å². The molecule has 26 heavy (non-hydrogen) atoms. The van der Waals surface area contributed by atoms with E-state index in [1.165, 1.54) is 6.20 Å². The first-order valence-corrected chi connectivity index (χ1v) is 7.91. The van der Waals surface area contributed by atoms with Gasteiger partial charge >= 0.3 is 0 Å². The summed E-state index contributed by atoms with van der Waals surface area (Å²) in [5.74, 6) is -0.524. The molecule has 0 fully saturated rings. The van der Waals surface area contributed by atoms with Crippen molar-refractivity contribution < 1.29 is 19.5 Å². The van der Waals surface area contributed by atoms with E-state index in [1.54, 1.807) is 30.5 Å². The number of carbonyl (C=O) groups is 2. The van der Waals surface area contributed by atoms with E-state index in [9.17, 15) is 19.7 Å². The highest BCUT2D eigenvalue weighted by Gasteiger charge is 2.14. The lowest BCUT2D eigenvalue weighted by Gasteiger charge is -2.24. The van der Waals surface area contributed by atoms with Gasteiger partial charge in [-0.3, -0.25) is 14.6 Å². The smallest absolute Gasteiger partial charge is 0.294 e. The summed E-state index contributed by atoms with van der Waals surface area (Å²) in [6.45, 7) is 1.15. The first-order chi connectivity index (χ1) is 12.6. The minimum Gasteiger partial charge on any atom is -0.371 e. The third-order valence-corrected chi connectivity index (χ3v) is 3.45. The standard InChI is InChI=1S/C16H19N5O5/c22-15(13-3-1-5-17-11-13)18-6-9-20-8-2-4-14(12-20)16(23)19-7-10-26-21(24)25/h1-5,8,11H,6-7,9-10,12H2,(H,18,22)(H,19,23). The quantitative estimate of drug-likeness (QED) is 0.357. The van der Waals surface area contributed by atoms with Gasteiger partial charge in [0, 0.05) is 44.1 Å². The predicted molar refractivity (Wildman–Crippen MR) is 91.3 cm³/mol. The average molecular weight is 361 g/mol. The summed E-state index contributed by atoms with van der Waals surface area (Å²) in [5, 5.41) is 14.5. The molecule has 10 heteroatoms. The Kier molecular flexibility index (Phi) is 7.10. The van der Waals surface area contributed by atoms with Gasteiger partial charge in [-0.05, 0) is 24.4 Å². The van der Waals surface area contributed by atoms with Gasteiger partial charge in [0.05, 0.1) is 5.56 Å². The molecule has 2 amide bonds. The topological polar surface area (TPSA) is 127 Å². The molecule has 2 rings (SSSR count). The first-order valence-electron chi connectivity index (χ1n) is 7.91. The molecular weight excluding hydrogens is 342 g/mol. The van der Waals surface area contributed by atoms with Crippen LogP contribution in [-0.2, 0) is 9.63 Å². The fourth-order valence-corrected chi connectivity index (χ4v) is 2.22. The van der Waals surface area contributed by atoms with E-state index >= 15 is 0 Å². The summed E-state index contributed by atoms with van der Waals surface area (Å²) in [6, 6.07) is 3.37. The number of aromatic nitrogens is 1. The minimum atomic E-state index is -0.906. The van der Waals surface area contributed by atoms with Crippen LogP contribution in [0.3, 0.4) is 0 Å². The van der Waals surface area contributed by atoms with E-state index in [0.717, 1.165) is 0 Å². The molecule has 0 bridgehead atoms. The van der Waals surface area contributed by atoms with Crippen molar-refractivity contribution >= 4 is 11.8 Å². The fourth-order valence-electron chi connectivity index (χ4n) is 2.22. The van der Waals surface area contributed by atoms with Gasteiger partial charge in [0.1, 0.15) is 6.61 Å². The van der Waals surface area contributed by atoms with Gasteiger partial charge in [-0.1, -0.05) is 6.08 Å². The van der Waals surface area contributed by atoms with E-state index in [-0.39, 0.29) is 25.0 Å². The Morgan fingerprint density at radius 2 is 2.12 bits per heavy atom. The lowest BCUT2D eigenvalue weighted by molar-refractivity contribution is -0.757. The van der Waals surface area contributed by atoms with E-state index in [1.807, 2.05) is 11.1 Å². The number of rotatable bonds is 9. The zero-order valence-electron chi connectivity index (χ0n) is 14.0. The number of allylic oxidation sites excluding steroid dienone is 2. The van der Waals surface area contributed by atoms with E-state index < -0.39 is 5.09 Å². The first kappa shape index (κ1) is 18.9. The van der Waals surface area contributed by atoms with Gasteiger partial charge in [0.2, 0.25) is 5.91 Å². The molecule has 1 aliphatic heterocycles. The SMILES string of the molecule is O=C(NCCO[N+](=O)[O-])C1=CC=CN(CCNC(=O)c2cccnc2)C1. The highest BCUT2D eigenvalue weighted by molar-refractivity contribution is 5.94. The Balaban J connectivity index is 1.70. The van der Waals surface area contributed by atoms with Crippen LogP contribution in [0.15, 0.2) is 48.5 Å². The van der Waals surface area contributed by atoms with Crippen LogP contribution in [0.1, 0.15) is 10.4 Å². The minimum absolute atomic E-state index is 0.0437. The second-order valence-corrected chi connectivity index (χ2v) is 5.31. The maximum Gasteiger partial charge on any atom is 0.294 e. The predicted octanol–water partition coefficient (Wildman–Crippen LogP) is -0.108. The molecule has 0 atom stereocenters. The Labute approximate surface area is 149 Å². The number of pyridine rings is 1. The molecule has 0 aliphatic carbocycles. The molecule has 10 nitrogen and oxygen atoms in total. The van der Waals surface area contributed by atoms with Crippen molar-refractivity contribution in [3.63, 3.8) is 0 Å². The van der Waals surface area contributed by atoms with E-state index in [0.29, 0.717) is 30.8 Å². The number of amides is 2. The lowest BCUT2D eigenvalue weighted by Crippen LogP contribution is -2.37. The van der Waals surface area contributed by atoms with E-state index in [4.69, 9.17) is 0 Å². The summed E-state index contributed by atoms with van der Waals surface area (Å²) < 4.78 is 0. The molecule has 138 valence electrons. The second kappa shape index (κ2) is 9.77. The average Bonchev–Trinajstić information content (AvgIpc) is 2.66. The highest BCUT2D eigenvalue weighted by atomic mass is 16.9. The van der Waals surface area contributed by atoms with Crippen LogP contribution in [-0.4, -0.2) is 59.6 Å². The molecule has 0 unspecified atom stereocenters. The van der Waals surface area contributed by atoms with Crippen molar-refractivity contribution in [3.8, 4) is 0 Å². The Hall–Kier alpha value is -3.43. The molecule has 1 aliphatic rings. The van der Waals surface area contributed by atoms with E-state index in [2.05, 4.69) is 20.5 Å². The van der Waals surface area contributed by atoms with Crippen molar-refractivity contribution in [2.45, 2.75) is 0 Å². The third-order valence-electron chi connectivity index (χ3n) is 3.45. The monoisotopic (exact) mass is 361 g/mol. The Bertz CT molecular complexity index is 704. The van der Waals surface area contributed by atoms with Gasteiger partial charge in [0.25, 0.3) is 11.0 Å². The molecule has 2 heterocycles. The van der Waals surface area contributed by atoms with Crippen molar-refractivity contribution in [1.82, 2.24) is 20.5 Å². The summed E-state index contributed by atoms with van der Waals surface area (Å²) in [4.78, 5) is 43.9. The maximum atomic E-state index is 12.0. The molecule has 1 aromatic rings. The van der Waals surface area contributed by atoms with Gasteiger partial charge in [-0.25, -0.2) is 0 Å². The number of hydrogen-bond donors (Lipinski definition) is 2. The Morgan fingerprint density at radius 1 is 1.31 bits per heavy atom. The van der Waals surface area contributed by atoms with Crippen molar-refractivity contribution in [3.05, 3.63) is 64.1 Å². The maximum absolute atomic E-state index is 12.0. The van der Waals surface area contributed by atoms with Crippen LogP contribution < -0.4 is 10.6 Å². The van der Waals surface area contributed by atoms with Crippen molar-refractivity contribution in [2.75, 3.05) is 32.8 Å². The number of hydrogen-bond acceptors (Lipinski definition) is 7. The third kappa shape index (κ3) is 6.23. The molecule has 0 spiro atoms. The molecule has 0 radical (unpaired) electrons. The molecule has 0 saturated carbocycles. The fraction of sp³-hybridized carbons (Fsp3) is 0.312. The summed E-state index contributed by atoms with van der Waals surface area (Å²) >= 11 is 0. The molecule has 2 N–H and O–H groups in total. The van der Waals surface area contributed by atoms with Crippen LogP contribution in [0.4, 0.5) is 0 Å². The van der Waals surface area contributed by atoms with Gasteiger partial charge in [-0.2, -0.15) is 0 Å². The zero-order valence-corrected chi connectivity index (χ0v) is 14.0. The van der Waals surface area contributed by atoms with Gasteiger partial charge < -0.3 is 20.4 Å². The number of carbonyl (C=O) groups excluding carboxylic acids is 2. The normalized spacial score (nSPS) is 12.9. The van der Waals surface area contributed by atoms with Crippen LogP contribution in [0.5, 0.6) is 0 Å². The van der Waals surface area contributed by atoms with Crippen LogP contribution in [0.2, 0.25) is 0 Å². The number of nitrogens with zero attached hydrogens (tertiary/aromatic N) is 3. The molecule has 0 aromatic carbocycles. The molecule has 0 saturated heterocycles. The van der Waals surface area contributed by atoms with Crippen LogP contribution in [0, 0.1) is 10.1 Å². The largest absolute Gasteiger partial charge is 0.371 e. The summed E-state index contributed by atoms with van der Waals surface area (Å²) in [5.41, 5.74) is 1.01. The zero-order chi connectivity index (χ0) is 18.8. The van der Waals surface area contributed by atoms with Gasteiger partial charge in [-0.15, -0.1) is 10.1 Å². The van der Waals surface area contributed by atoms with Crippen LogP contribution in [0.25, 0.3) is 0 Å². The second-order valence-electron chi connectivity index (χ2n) is 5.31. The van der Waals surface area contributed by atoms with Gasteiger partial charge in [0.15, 0.2) is 0 Å². The van der Waals surface area contributed by atoms with Crippen molar-refractivity contribution in [2.24, 2.45) is 0 Å². The molecular formula is C16H19N5O5. The van der Waals surface area contributed by atoms with Crippen molar-refractivity contribution in [1.29, 1.82) is 0 Å². The lowest BCUT2D eigenvalue weighted by atomic mass is 10.1. The molecule has 1 aromatic heterocycles. The Morgan fingerprint density at radius 3 is 2.85 bits per heavy atom. The number of nitrogens with one attached hydrogen (secondary N) is 2. The summed E-state index contributed by atoms with van der Waals surface area (Å²) in [6.07, 6.45) is 8.31.